The molecule has 2 aromatic carbocycles. The van der Waals surface area contributed by atoms with Crippen LogP contribution in [0.25, 0.3) is 0 Å². The molecular weight excluding hydrogens is 376 g/mol. The van der Waals surface area contributed by atoms with Crippen LogP contribution in [0.5, 0.6) is 0 Å². The average Bonchev–Trinajstić information content (AvgIpc) is 2.66. The third kappa shape index (κ3) is 3.56. The summed E-state index contributed by atoms with van der Waals surface area (Å²) in [7, 11) is -1.37. The van der Waals surface area contributed by atoms with Gasteiger partial charge in [-0.3, -0.25) is 0 Å². The molecule has 0 aliphatic heterocycles. The molecule has 148 valence electrons. The standard InChI is InChI=1S/C24H32O2Si2/c1-17-7-3-5-9-21(17)27-25-23-12-19-11-20(13-23)15-24(14-19,16-23)26-28-22-10-6-4-8-18(22)2/h3-10,19-20H,11-16,27-28H2,1-2H3. The van der Waals surface area contributed by atoms with E-state index in [1.54, 1.807) is 0 Å². The maximum absolute atomic E-state index is 6.88. The van der Waals surface area contributed by atoms with Crippen LogP contribution in [0, 0.1) is 25.7 Å². The molecule has 0 saturated heterocycles. The summed E-state index contributed by atoms with van der Waals surface area (Å²) in [6.45, 7) is 4.45. The van der Waals surface area contributed by atoms with Gasteiger partial charge in [0.15, 0.2) is 19.5 Å². The lowest BCUT2D eigenvalue weighted by molar-refractivity contribution is -0.176. The van der Waals surface area contributed by atoms with E-state index in [1.165, 1.54) is 53.6 Å². The predicted octanol–water partition coefficient (Wildman–Crippen LogP) is 2.55. The first-order valence-electron chi connectivity index (χ1n) is 10.9. The van der Waals surface area contributed by atoms with Crippen molar-refractivity contribution in [3.63, 3.8) is 0 Å². The van der Waals surface area contributed by atoms with Gasteiger partial charge in [-0.15, -0.1) is 0 Å². The largest absolute Gasteiger partial charge is 0.413 e. The van der Waals surface area contributed by atoms with E-state index in [4.69, 9.17) is 8.85 Å². The van der Waals surface area contributed by atoms with E-state index in [2.05, 4.69) is 62.4 Å². The van der Waals surface area contributed by atoms with Crippen molar-refractivity contribution in [2.45, 2.75) is 63.6 Å². The average molecular weight is 409 g/mol. The van der Waals surface area contributed by atoms with Crippen LogP contribution >= 0.6 is 0 Å². The molecule has 0 atom stereocenters. The lowest BCUT2D eigenvalue weighted by atomic mass is 9.52. The van der Waals surface area contributed by atoms with Gasteiger partial charge in [-0.1, -0.05) is 59.7 Å². The van der Waals surface area contributed by atoms with Crippen LogP contribution in [0.1, 0.15) is 49.7 Å². The van der Waals surface area contributed by atoms with Gasteiger partial charge in [0.1, 0.15) is 0 Å². The Morgan fingerprint density at radius 1 is 0.714 bits per heavy atom. The Bertz CT molecular complexity index is 784. The molecule has 4 bridgehead atoms. The van der Waals surface area contributed by atoms with E-state index < -0.39 is 19.5 Å². The Kier molecular flexibility index (Phi) is 4.86. The maximum atomic E-state index is 6.88. The second kappa shape index (κ2) is 7.24. The first-order valence-corrected chi connectivity index (χ1v) is 13.5. The van der Waals surface area contributed by atoms with E-state index in [0.29, 0.717) is 0 Å². The van der Waals surface area contributed by atoms with Gasteiger partial charge in [0.05, 0.1) is 11.2 Å². The van der Waals surface area contributed by atoms with Crippen molar-refractivity contribution in [3.8, 4) is 0 Å². The smallest absolute Gasteiger partial charge is 0.193 e. The lowest BCUT2D eigenvalue weighted by Crippen LogP contribution is -2.62. The molecule has 6 rings (SSSR count). The minimum atomic E-state index is -0.685. The molecule has 0 spiro atoms. The van der Waals surface area contributed by atoms with Crippen LogP contribution in [0.3, 0.4) is 0 Å². The monoisotopic (exact) mass is 408 g/mol. The summed E-state index contributed by atoms with van der Waals surface area (Å²) in [4.78, 5) is 0. The van der Waals surface area contributed by atoms with Crippen molar-refractivity contribution in [2.75, 3.05) is 0 Å². The first-order chi connectivity index (χ1) is 13.5. The van der Waals surface area contributed by atoms with Crippen LogP contribution in [-0.2, 0) is 8.85 Å². The third-order valence-electron chi connectivity index (χ3n) is 7.54. The summed E-state index contributed by atoms with van der Waals surface area (Å²) in [5.41, 5.74) is 3.02. The molecule has 4 aliphatic rings. The Morgan fingerprint density at radius 2 is 1.14 bits per heavy atom. The van der Waals surface area contributed by atoms with Crippen molar-refractivity contribution in [1.82, 2.24) is 0 Å². The van der Waals surface area contributed by atoms with Crippen molar-refractivity contribution in [2.24, 2.45) is 11.8 Å². The van der Waals surface area contributed by atoms with Crippen molar-refractivity contribution in [1.29, 1.82) is 0 Å². The number of benzene rings is 2. The Morgan fingerprint density at radius 3 is 1.57 bits per heavy atom. The molecule has 28 heavy (non-hydrogen) atoms. The van der Waals surface area contributed by atoms with Gasteiger partial charge in [-0.05, 0) is 68.2 Å². The van der Waals surface area contributed by atoms with Gasteiger partial charge >= 0.3 is 0 Å². The Hall–Kier alpha value is -1.21. The van der Waals surface area contributed by atoms with E-state index in [9.17, 15) is 0 Å². The fraction of sp³-hybridized carbons (Fsp3) is 0.500. The van der Waals surface area contributed by atoms with Crippen molar-refractivity contribution in [3.05, 3.63) is 59.7 Å². The highest BCUT2D eigenvalue weighted by atomic mass is 28.2. The van der Waals surface area contributed by atoms with Gasteiger partial charge in [0, 0.05) is 6.42 Å². The van der Waals surface area contributed by atoms with E-state index in [-0.39, 0.29) is 11.2 Å². The Balaban J connectivity index is 1.32. The van der Waals surface area contributed by atoms with E-state index in [0.717, 1.165) is 18.3 Å². The minimum absolute atomic E-state index is 0.110. The van der Waals surface area contributed by atoms with Crippen LogP contribution < -0.4 is 10.4 Å². The molecule has 0 heterocycles. The topological polar surface area (TPSA) is 18.5 Å². The highest BCUT2D eigenvalue weighted by Crippen LogP contribution is 2.59. The molecule has 4 aliphatic carbocycles. The normalized spacial score (nSPS) is 34.2. The molecular formula is C24H32O2Si2. The highest BCUT2D eigenvalue weighted by Gasteiger charge is 2.58. The van der Waals surface area contributed by atoms with E-state index >= 15 is 0 Å². The fourth-order valence-corrected chi connectivity index (χ4v) is 9.19. The van der Waals surface area contributed by atoms with Crippen LogP contribution in [0.2, 0.25) is 0 Å². The summed E-state index contributed by atoms with van der Waals surface area (Å²) >= 11 is 0. The summed E-state index contributed by atoms with van der Waals surface area (Å²) in [5.74, 6) is 1.64. The molecule has 0 radical (unpaired) electrons. The van der Waals surface area contributed by atoms with Gasteiger partial charge in [0.25, 0.3) is 0 Å². The maximum Gasteiger partial charge on any atom is 0.193 e. The summed E-state index contributed by atoms with van der Waals surface area (Å²) in [5, 5.41) is 2.95. The zero-order chi connectivity index (χ0) is 19.2. The zero-order valence-electron chi connectivity index (χ0n) is 17.2. The molecule has 4 heteroatoms. The lowest BCUT2D eigenvalue weighted by Gasteiger charge is -2.61. The zero-order valence-corrected chi connectivity index (χ0v) is 20.1. The first kappa shape index (κ1) is 18.8. The summed E-state index contributed by atoms with van der Waals surface area (Å²) in [6, 6.07) is 17.6. The second-order valence-electron chi connectivity index (χ2n) is 9.76. The third-order valence-corrected chi connectivity index (χ3v) is 11.3. The number of rotatable bonds is 6. The predicted molar refractivity (Wildman–Crippen MR) is 121 cm³/mol. The van der Waals surface area contributed by atoms with Gasteiger partial charge in [-0.25, -0.2) is 0 Å². The minimum Gasteiger partial charge on any atom is -0.413 e. The Labute approximate surface area is 173 Å². The van der Waals surface area contributed by atoms with Crippen LogP contribution in [0.4, 0.5) is 0 Å². The molecule has 4 fully saturated rings. The molecule has 0 unspecified atom stereocenters. The summed E-state index contributed by atoms with van der Waals surface area (Å²) in [6.07, 6.45) is 7.66. The molecule has 4 saturated carbocycles. The molecule has 0 amide bonds. The van der Waals surface area contributed by atoms with E-state index in [1.807, 2.05) is 0 Å². The van der Waals surface area contributed by atoms with Gasteiger partial charge < -0.3 is 8.85 Å². The van der Waals surface area contributed by atoms with Crippen molar-refractivity contribution < 1.29 is 8.85 Å². The summed E-state index contributed by atoms with van der Waals surface area (Å²) < 4.78 is 13.8. The molecule has 0 N–H and O–H groups in total. The molecule has 0 aromatic heterocycles. The quantitative estimate of drug-likeness (QED) is 0.684. The fourth-order valence-electron chi connectivity index (χ4n) is 6.44. The van der Waals surface area contributed by atoms with Gasteiger partial charge in [0.2, 0.25) is 0 Å². The molecule has 2 nitrogen and oxygen atoms in total. The van der Waals surface area contributed by atoms with Crippen LogP contribution in [0.15, 0.2) is 48.5 Å². The number of aryl methyl sites for hydroxylation is 2. The van der Waals surface area contributed by atoms with Crippen LogP contribution in [-0.4, -0.2) is 30.7 Å². The number of hydrogen-bond donors (Lipinski definition) is 0. The highest BCUT2D eigenvalue weighted by molar-refractivity contribution is 6.48. The second-order valence-corrected chi connectivity index (χ2v) is 12.4. The SMILES string of the molecule is Cc1ccccc1[SiH2]OC12CC3CC(C1)CC(O[SiH2]c1ccccc1C)(C3)C2. The van der Waals surface area contributed by atoms with Crippen molar-refractivity contribution >= 4 is 29.9 Å². The molecule has 2 aromatic rings. The van der Waals surface area contributed by atoms with Gasteiger partial charge in [-0.2, -0.15) is 0 Å². The number of hydrogen-bond acceptors (Lipinski definition) is 2.